The van der Waals surface area contributed by atoms with Crippen molar-refractivity contribution < 1.29 is 23.5 Å². The largest absolute Gasteiger partial charge is 0.497 e. The van der Waals surface area contributed by atoms with Crippen LogP contribution >= 0.6 is 0 Å². The Morgan fingerprint density at radius 3 is 2.46 bits per heavy atom. The van der Waals surface area contributed by atoms with Crippen LogP contribution in [0, 0.1) is 11.7 Å². The normalized spacial score (nSPS) is 11.8. The first kappa shape index (κ1) is 27.6. The van der Waals surface area contributed by atoms with Crippen LogP contribution in [0.3, 0.4) is 0 Å². The van der Waals surface area contributed by atoms with E-state index in [9.17, 15) is 14.0 Å². The maximum atomic E-state index is 14.2. The number of rotatable bonds is 11. The van der Waals surface area contributed by atoms with Gasteiger partial charge in [-0.3, -0.25) is 14.5 Å². The van der Waals surface area contributed by atoms with Crippen molar-refractivity contribution in [2.75, 3.05) is 25.7 Å². The molecule has 0 aliphatic carbocycles. The van der Waals surface area contributed by atoms with Crippen LogP contribution in [0.15, 0.2) is 66.7 Å². The summed E-state index contributed by atoms with van der Waals surface area (Å²) in [5.41, 5.74) is 2.06. The summed E-state index contributed by atoms with van der Waals surface area (Å²) in [5.74, 6) is -0.132. The molecule has 0 bridgehead atoms. The highest BCUT2D eigenvalue weighted by atomic mass is 19.1. The molecule has 0 radical (unpaired) electrons. The van der Waals surface area contributed by atoms with Crippen LogP contribution in [-0.2, 0) is 16.1 Å². The molecule has 9 nitrogen and oxygen atoms in total. The van der Waals surface area contributed by atoms with Gasteiger partial charge in [-0.2, -0.15) is 0 Å². The van der Waals surface area contributed by atoms with Crippen molar-refractivity contribution in [2.45, 2.75) is 32.9 Å². The van der Waals surface area contributed by atoms with Crippen LogP contribution in [-0.4, -0.2) is 47.6 Å². The Kier molecular flexibility index (Phi) is 8.75. The molecule has 4 rings (SSSR count). The number of carbonyl (C=O) groups is 2. The van der Waals surface area contributed by atoms with Gasteiger partial charge in [0.25, 0.3) is 0 Å². The molecule has 2 amide bonds. The molecule has 10 heteroatoms. The minimum atomic E-state index is -1.14. The number of para-hydroxylation sites is 1. The summed E-state index contributed by atoms with van der Waals surface area (Å²) in [4.78, 5) is 29.3. The zero-order valence-corrected chi connectivity index (χ0v) is 22.4. The molecule has 0 spiro atoms. The summed E-state index contributed by atoms with van der Waals surface area (Å²) < 4.78 is 26.4. The number of aromatic nitrogens is 3. The minimum absolute atomic E-state index is 0.210. The number of methoxy groups -OCH3 is 2. The third-order valence-corrected chi connectivity index (χ3v) is 6.33. The molecule has 1 aromatic heterocycles. The Hall–Kier alpha value is -4.47. The van der Waals surface area contributed by atoms with E-state index >= 15 is 0 Å². The summed E-state index contributed by atoms with van der Waals surface area (Å²) in [6, 6.07) is 16.7. The molecule has 4 aromatic rings. The summed E-state index contributed by atoms with van der Waals surface area (Å²) in [5, 5.41) is 11.3. The number of hydrogen-bond donors (Lipinski definition) is 1. The molecule has 0 saturated heterocycles. The number of benzene rings is 3. The molecule has 0 fully saturated rings. The van der Waals surface area contributed by atoms with Crippen LogP contribution in [0.5, 0.6) is 11.5 Å². The van der Waals surface area contributed by atoms with E-state index in [-0.39, 0.29) is 6.54 Å². The molecule has 1 N–H and O–H groups in total. The number of halogens is 1. The van der Waals surface area contributed by atoms with Crippen molar-refractivity contribution in [3.8, 4) is 11.5 Å². The van der Waals surface area contributed by atoms with E-state index in [1.165, 1.54) is 48.1 Å². The molecule has 0 saturated carbocycles. The first-order chi connectivity index (χ1) is 18.8. The van der Waals surface area contributed by atoms with Crippen molar-refractivity contribution >= 4 is 28.5 Å². The Bertz CT molecular complexity index is 1440. The van der Waals surface area contributed by atoms with Crippen molar-refractivity contribution in [1.29, 1.82) is 0 Å². The molecule has 0 aliphatic rings. The highest BCUT2D eigenvalue weighted by Crippen LogP contribution is 2.38. The second kappa shape index (κ2) is 12.4. The summed E-state index contributed by atoms with van der Waals surface area (Å²) >= 11 is 0. The maximum absolute atomic E-state index is 14.2. The van der Waals surface area contributed by atoms with Gasteiger partial charge in [0.1, 0.15) is 35.4 Å². The van der Waals surface area contributed by atoms with Crippen molar-refractivity contribution in [3.05, 3.63) is 78.1 Å². The van der Waals surface area contributed by atoms with Gasteiger partial charge in [0.15, 0.2) is 0 Å². The molecular formula is C29H32FN5O4. The first-order valence-electron chi connectivity index (χ1n) is 12.7. The van der Waals surface area contributed by atoms with E-state index < -0.39 is 23.7 Å². The number of carbonyl (C=O) groups excluding carboxylic acids is 2. The fourth-order valence-corrected chi connectivity index (χ4v) is 4.28. The lowest BCUT2D eigenvalue weighted by molar-refractivity contribution is -0.127. The highest BCUT2D eigenvalue weighted by molar-refractivity contribution is 6.02. The van der Waals surface area contributed by atoms with Gasteiger partial charge in [0.05, 0.1) is 25.4 Å². The molecule has 0 aliphatic heterocycles. The number of ether oxygens (including phenoxy) is 2. The molecule has 3 aromatic carbocycles. The molecule has 1 heterocycles. The quantitative estimate of drug-likeness (QED) is 0.304. The number of nitrogens with one attached hydrogen (secondary N) is 1. The average Bonchev–Trinajstić information content (AvgIpc) is 3.34. The van der Waals surface area contributed by atoms with Crippen molar-refractivity contribution in [2.24, 2.45) is 5.92 Å². The van der Waals surface area contributed by atoms with Gasteiger partial charge >= 0.3 is 0 Å². The average molecular weight is 534 g/mol. The monoisotopic (exact) mass is 533 g/mol. The minimum Gasteiger partial charge on any atom is -0.497 e. The lowest BCUT2D eigenvalue weighted by Gasteiger charge is -2.32. The topological polar surface area (TPSA) is 98.6 Å². The van der Waals surface area contributed by atoms with Crippen LogP contribution in [0.25, 0.3) is 11.0 Å². The summed E-state index contributed by atoms with van der Waals surface area (Å²) in [6.07, 6.45) is 0.753. The molecular weight excluding hydrogens is 501 g/mol. The number of amides is 2. The third kappa shape index (κ3) is 6.34. The van der Waals surface area contributed by atoms with Crippen molar-refractivity contribution in [3.63, 3.8) is 0 Å². The van der Waals surface area contributed by atoms with Crippen LogP contribution < -0.4 is 19.7 Å². The molecule has 39 heavy (non-hydrogen) atoms. The Morgan fingerprint density at radius 2 is 1.77 bits per heavy atom. The van der Waals surface area contributed by atoms with Crippen molar-refractivity contribution in [1.82, 2.24) is 20.3 Å². The maximum Gasteiger partial charge on any atom is 0.249 e. The van der Waals surface area contributed by atoms with Gasteiger partial charge in [0.2, 0.25) is 11.8 Å². The van der Waals surface area contributed by atoms with Crippen LogP contribution in [0.2, 0.25) is 0 Å². The van der Waals surface area contributed by atoms with E-state index in [0.717, 1.165) is 6.42 Å². The zero-order chi connectivity index (χ0) is 27.9. The molecule has 0 unspecified atom stereocenters. The standard InChI is InChI=1S/C29H32FN5O4/c1-19(2)15-16-31-29(37)28(20-9-11-21(30)12-10-20)35(25-17-22(38-3)13-14-26(25)39-4)27(36)18-34-24-8-6-5-7-23(24)32-33-34/h5-14,17,19,28H,15-16,18H2,1-4H3,(H,31,37)/t28-/m1/s1. The van der Waals surface area contributed by atoms with Crippen LogP contribution in [0.1, 0.15) is 31.9 Å². The predicted molar refractivity (Wildman–Crippen MR) is 146 cm³/mol. The smallest absolute Gasteiger partial charge is 0.249 e. The predicted octanol–water partition coefficient (Wildman–Crippen LogP) is 4.52. The van der Waals surface area contributed by atoms with Gasteiger partial charge in [-0.25, -0.2) is 9.07 Å². The number of anilines is 1. The highest BCUT2D eigenvalue weighted by Gasteiger charge is 2.35. The summed E-state index contributed by atoms with van der Waals surface area (Å²) in [7, 11) is 2.99. The van der Waals surface area contributed by atoms with Gasteiger partial charge in [-0.1, -0.05) is 43.3 Å². The van der Waals surface area contributed by atoms with E-state index in [1.807, 2.05) is 18.2 Å². The lowest BCUT2D eigenvalue weighted by Crippen LogP contribution is -2.45. The zero-order valence-electron chi connectivity index (χ0n) is 22.4. The van der Waals surface area contributed by atoms with Gasteiger partial charge in [-0.05, 0) is 54.3 Å². The van der Waals surface area contributed by atoms with Gasteiger partial charge < -0.3 is 14.8 Å². The second-order valence-electron chi connectivity index (χ2n) is 9.46. The molecule has 1 atom stereocenters. The van der Waals surface area contributed by atoms with Crippen LogP contribution in [0.4, 0.5) is 10.1 Å². The second-order valence-corrected chi connectivity index (χ2v) is 9.46. The number of nitrogens with zero attached hydrogens (tertiary/aromatic N) is 4. The fourth-order valence-electron chi connectivity index (χ4n) is 4.28. The van der Waals surface area contributed by atoms with Gasteiger partial charge in [-0.15, -0.1) is 5.10 Å². The summed E-state index contributed by atoms with van der Waals surface area (Å²) in [6.45, 7) is 4.32. The molecule has 204 valence electrons. The van der Waals surface area contributed by atoms with E-state index in [1.54, 1.807) is 24.3 Å². The first-order valence-corrected chi connectivity index (χ1v) is 12.7. The fraction of sp³-hybridized carbons (Fsp3) is 0.310. The van der Waals surface area contributed by atoms with E-state index in [4.69, 9.17) is 9.47 Å². The number of hydrogen-bond acceptors (Lipinski definition) is 6. The lowest BCUT2D eigenvalue weighted by atomic mass is 10.0. The Balaban J connectivity index is 1.84. The van der Waals surface area contributed by atoms with Gasteiger partial charge in [0, 0.05) is 12.6 Å². The number of fused-ring (bicyclic) bond motifs is 1. The Labute approximate surface area is 226 Å². The van der Waals surface area contributed by atoms with E-state index in [2.05, 4.69) is 29.5 Å². The SMILES string of the molecule is COc1ccc(OC)c(N(C(=O)Cn2nnc3ccccc32)[C@@H](C(=O)NCCC(C)C)c2ccc(F)cc2)c1. The third-order valence-electron chi connectivity index (χ3n) is 6.33. The van der Waals surface area contributed by atoms with E-state index in [0.29, 0.717) is 46.2 Å². The Morgan fingerprint density at radius 1 is 1.03 bits per heavy atom.